The predicted octanol–water partition coefficient (Wildman–Crippen LogP) is 2.56. The smallest absolute Gasteiger partial charge is 0.191 e. The molecule has 0 amide bonds. The minimum atomic E-state index is -0.490. The van der Waals surface area contributed by atoms with Gasteiger partial charge in [-0.3, -0.25) is 4.99 Å². The molecule has 0 saturated carbocycles. The summed E-state index contributed by atoms with van der Waals surface area (Å²) in [5, 5.41) is 16.8. The molecule has 0 fully saturated rings. The van der Waals surface area contributed by atoms with Crippen molar-refractivity contribution in [2.45, 2.75) is 25.9 Å². The lowest BCUT2D eigenvalue weighted by atomic mass is 10.1. The molecule has 0 aliphatic heterocycles. The van der Waals surface area contributed by atoms with E-state index in [0.29, 0.717) is 13.0 Å². The number of rotatable bonds is 8. The lowest BCUT2D eigenvalue weighted by molar-refractivity contribution is 0.170. The van der Waals surface area contributed by atoms with E-state index >= 15 is 0 Å². The van der Waals surface area contributed by atoms with Crippen molar-refractivity contribution in [1.29, 1.82) is 0 Å². The van der Waals surface area contributed by atoms with Crippen LogP contribution < -0.4 is 10.6 Å². The van der Waals surface area contributed by atoms with Gasteiger partial charge in [-0.05, 0) is 31.0 Å². The SMILES string of the molecule is CCNC(=NCCC(O)c1ccccc1)NCCc1cn2ccccc2n1. The summed E-state index contributed by atoms with van der Waals surface area (Å²) in [6, 6.07) is 15.7. The van der Waals surface area contributed by atoms with Gasteiger partial charge in [-0.2, -0.15) is 0 Å². The van der Waals surface area contributed by atoms with E-state index in [9.17, 15) is 5.11 Å². The Balaban J connectivity index is 1.48. The number of aliphatic hydroxyl groups excluding tert-OH is 1. The second kappa shape index (κ2) is 9.73. The number of guanidine groups is 1. The molecule has 0 aliphatic carbocycles. The van der Waals surface area contributed by atoms with Crippen LogP contribution in [0.5, 0.6) is 0 Å². The van der Waals surface area contributed by atoms with Gasteiger partial charge in [0.25, 0.3) is 0 Å². The summed E-state index contributed by atoms with van der Waals surface area (Å²) in [7, 11) is 0. The van der Waals surface area contributed by atoms with Gasteiger partial charge in [0.05, 0.1) is 11.8 Å². The van der Waals surface area contributed by atoms with E-state index in [1.807, 2.05) is 66.1 Å². The van der Waals surface area contributed by atoms with Crippen molar-refractivity contribution in [2.24, 2.45) is 4.99 Å². The molecular weight excluding hydrogens is 338 g/mol. The Kier molecular flexibility index (Phi) is 6.82. The standard InChI is InChI=1S/C21H27N5O/c1-2-22-21(24-14-12-19(27)17-8-4-3-5-9-17)23-13-11-18-16-26-15-7-6-10-20(26)25-18/h3-10,15-16,19,27H,2,11-14H2,1H3,(H2,22,23,24). The molecule has 1 atom stereocenters. The zero-order valence-corrected chi connectivity index (χ0v) is 15.7. The minimum Gasteiger partial charge on any atom is -0.388 e. The van der Waals surface area contributed by atoms with Crippen LogP contribution >= 0.6 is 0 Å². The van der Waals surface area contributed by atoms with Gasteiger partial charge in [-0.15, -0.1) is 0 Å². The molecule has 2 heterocycles. The first-order valence-electron chi connectivity index (χ1n) is 9.44. The maximum Gasteiger partial charge on any atom is 0.191 e. The number of fused-ring (bicyclic) bond motifs is 1. The van der Waals surface area contributed by atoms with Gasteiger partial charge in [0.2, 0.25) is 0 Å². The van der Waals surface area contributed by atoms with Gasteiger partial charge < -0.3 is 20.1 Å². The van der Waals surface area contributed by atoms with Crippen LogP contribution in [0.4, 0.5) is 0 Å². The third-order valence-corrected chi connectivity index (χ3v) is 4.29. The van der Waals surface area contributed by atoms with Crippen LogP contribution in [0.3, 0.4) is 0 Å². The number of nitrogens with zero attached hydrogens (tertiary/aromatic N) is 3. The van der Waals surface area contributed by atoms with E-state index in [1.165, 1.54) is 0 Å². The first kappa shape index (κ1) is 18.9. The highest BCUT2D eigenvalue weighted by Gasteiger charge is 2.06. The second-order valence-electron chi connectivity index (χ2n) is 6.35. The Bertz CT molecular complexity index is 826. The third kappa shape index (κ3) is 5.56. The van der Waals surface area contributed by atoms with Crippen LogP contribution in [0, 0.1) is 0 Å². The van der Waals surface area contributed by atoms with E-state index < -0.39 is 6.10 Å². The zero-order chi connectivity index (χ0) is 18.9. The molecule has 1 aromatic carbocycles. The van der Waals surface area contributed by atoms with Crippen molar-refractivity contribution in [2.75, 3.05) is 19.6 Å². The third-order valence-electron chi connectivity index (χ3n) is 4.29. The van der Waals surface area contributed by atoms with Crippen LogP contribution in [0.15, 0.2) is 65.9 Å². The van der Waals surface area contributed by atoms with Gasteiger partial charge in [0, 0.05) is 38.4 Å². The van der Waals surface area contributed by atoms with E-state index in [4.69, 9.17) is 0 Å². The van der Waals surface area contributed by atoms with E-state index in [-0.39, 0.29) is 0 Å². The Morgan fingerprint density at radius 2 is 1.96 bits per heavy atom. The molecule has 3 aromatic rings. The van der Waals surface area contributed by atoms with Crippen LogP contribution in [0.2, 0.25) is 0 Å². The maximum atomic E-state index is 10.2. The molecule has 142 valence electrons. The van der Waals surface area contributed by atoms with Crippen molar-refractivity contribution in [3.8, 4) is 0 Å². The topological polar surface area (TPSA) is 74.0 Å². The van der Waals surface area contributed by atoms with Gasteiger partial charge in [0.15, 0.2) is 5.96 Å². The molecule has 3 N–H and O–H groups in total. The fourth-order valence-corrected chi connectivity index (χ4v) is 2.90. The molecule has 3 rings (SSSR count). The molecule has 0 bridgehead atoms. The molecule has 1 unspecified atom stereocenters. The highest BCUT2D eigenvalue weighted by molar-refractivity contribution is 5.79. The molecule has 0 radical (unpaired) electrons. The first-order valence-corrected chi connectivity index (χ1v) is 9.44. The Labute approximate surface area is 160 Å². The van der Waals surface area contributed by atoms with Crippen molar-refractivity contribution in [1.82, 2.24) is 20.0 Å². The van der Waals surface area contributed by atoms with E-state index in [1.54, 1.807) is 0 Å². The van der Waals surface area contributed by atoms with Crippen molar-refractivity contribution < 1.29 is 5.11 Å². The van der Waals surface area contributed by atoms with Crippen LogP contribution in [-0.4, -0.2) is 40.1 Å². The summed E-state index contributed by atoms with van der Waals surface area (Å²) >= 11 is 0. The van der Waals surface area contributed by atoms with Crippen molar-refractivity contribution in [3.63, 3.8) is 0 Å². The number of imidazole rings is 1. The summed E-state index contributed by atoms with van der Waals surface area (Å²) in [5.41, 5.74) is 2.93. The van der Waals surface area contributed by atoms with E-state index in [2.05, 4.69) is 26.8 Å². The number of hydrogen-bond donors (Lipinski definition) is 3. The highest BCUT2D eigenvalue weighted by atomic mass is 16.3. The maximum absolute atomic E-state index is 10.2. The molecule has 2 aromatic heterocycles. The average Bonchev–Trinajstić information content (AvgIpc) is 3.11. The number of pyridine rings is 1. The number of aromatic nitrogens is 2. The largest absolute Gasteiger partial charge is 0.388 e. The van der Waals surface area contributed by atoms with Crippen LogP contribution in [0.25, 0.3) is 5.65 Å². The molecule has 0 spiro atoms. The molecular formula is C21H27N5O. The van der Waals surface area contributed by atoms with Gasteiger partial charge in [-0.25, -0.2) is 4.98 Å². The fourth-order valence-electron chi connectivity index (χ4n) is 2.90. The Hall–Kier alpha value is -2.86. The summed E-state index contributed by atoms with van der Waals surface area (Å²) in [6.45, 7) is 4.14. The summed E-state index contributed by atoms with van der Waals surface area (Å²) in [6.07, 6.45) is 4.97. The summed E-state index contributed by atoms with van der Waals surface area (Å²) < 4.78 is 2.03. The van der Waals surface area contributed by atoms with Crippen LogP contribution in [0.1, 0.15) is 30.7 Å². The van der Waals surface area contributed by atoms with Crippen LogP contribution in [-0.2, 0) is 6.42 Å². The summed E-state index contributed by atoms with van der Waals surface area (Å²) in [5.74, 6) is 0.765. The molecule has 27 heavy (non-hydrogen) atoms. The second-order valence-corrected chi connectivity index (χ2v) is 6.35. The molecule has 6 heteroatoms. The zero-order valence-electron chi connectivity index (χ0n) is 15.7. The predicted molar refractivity (Wildman–Crippen MR) is 109 cm³/mol. The Morgan fingerprint density at radius 1 is 1.15 bits per heavy atom. The van der Waals surface area contributed by atoms with Crippen molar-refractivity contribution >= 4 is 11.6 Å². The lowest BCUT2D eigenvalue weighted by Gasteiger charge is -2.12. The summed E-state index contributed by atoms with van der Waals surface area (Å²) in [4.78, 5) is 9.17. The van der Waals surface area contributed by atoms with Gasteiger partial charge in [-0.1, -0.05) is 36.4 Å². The van der Waals surface area contributed by atoms with Gasteiger partial charge in [0.1, 0.15) is 5.65 Å². The highest BCUT2D eigenvalue weighted by Crippen LogP contribution is 2.15. The number of hydrogen-bond acceptors (Lipinski definition) is 3. The molecule has 0 aliphatic rings. The number of benzene rings is 1. The molecule has 0 saturated heterocycles. The number of nitrogens with one attached hydrogen (secondary N) is 2. The lowest BCUT2D eigenvalue weighted by Crippen LogP contribution is -2.38. The fraction of sp³-hybridized carbons (Fsp3) is 0.333. The molecule has 6 nitrogen and oxygen atoms in total. The van der Waals surface area contributed by atoms with Gasteiger partial charge >= 0.3 is 0 Å². The Morgan fingerprint density at radius 3 is 2.74 bits per heavy atom. The van der Waals surface area contributed by atoms with E-state index in [0.717, 1.165) is 42.4 Å². The minimum absolute atomic E-state index is 0.490. The quantitative estimate of drug-likeness (QED) is 0.424. The number of aliphatic hydroxyl groups is 1. The normalized spacial score (nSPS) is 12.9. The average molecular weight is 365 g/mol. The number of aliphatic imine (C=N–C) groups is 1. The first-order chi connectivity index (χ1) is 13.3. The monoisotopic (exact) mass is 365 g/mol. The van der Waals surface area contributed by atoms with Crippen molar-refractivity contribution in [3.05, 3.63) is 72.2 Å².